The summed E-state index contributed by atoms with van der Waals surface area (Å²) >= 11 is 0. The summed E-state index contributed by atoms with van der Waals surface area (Å²) in [6.07, 6.45) is 17.2. The molecule has 2 aliphatic carbocycles. The van der Waals surface area contributed by atoms with Gasteiger partial charge >= 0.3 is 0 Å². The molecule has 44 heavy (non-hydrogen) atoms. The predicted molar refractivity (Wildman–Crippen MR) is 175 cm³/mol. The molecular formula is C37H47FN4O2. The fraction of sp³-hybridized carbons (Fsp3) is 0.514. The first-order chi connectivity index (χ1) is 21.4. The topological polar surface area (TPSA) is 64.7 Å². The lowest BCUT2D eigenvalue weighted by molar-refractivity contribution is -0.123. The second-order valence-corrected chi connectivity index (χ2v) is 13.3. The molecule has 6 rings (SSSR count). The van der Waals surface area contributed by atoms with Crippen LogP contribution in [0.3, 0.4) is 0 Å². The van der Waals surface area contributed by atoms with Crippen molar-refractivity contribution in [3.63, 3.8) is 0 Å². The maximum atomic E-state index is 15.1. The maximum Gasteiger partial charge on any atom is 0.257 e. The third-order valence-electron chi connectivity index (χ3n) is 10.2. The van der Waals surface area contributed by atoms with Gasteiger partial charge in [0.05, 0.1) is 17.5 Å². The van der Waals surface area contributed by atoms with E-state index in [0.29, 0.717) is 31.0 Å². The highest BCUT2D eigenvalue weighted by Crippen LogP contribution is 2.37. The number of nitrogens with zero attached hydrogens (tertiary/aromatic N) is 2. The Bertz CT molecular complexity index is 1400. The van der Waals surface area contributed by atoms with Gasteiger partial charge < -0.3 is 20.4 Å². The Hall–Kier alpha value is -3.61. The average molecular weight is 599 g/mol. The largest absolute Gasteiger partial charge is 0.383 e. The normalized spacial score (nSPS) is 24.2. The Morgan fingerprint density at radius 1 is 0.886 bits per heavy atom. The second-order valence-electron chi connectivity index (χ2n) is 13.3. The zero-order chi connectivity index (χ0) is 30.6. The number of hydrogen-bond donors (Lipinski definition) is 2. The highest BCUT2D eigenvalue weighted by atomic mass is 19.1. The lowest BCUT2D eigenvalue weighted by Crippen LogP contribution is -2.55. The summed E-state index contributed by atoms with van der Waals surface area (Å²) < 4.78 is 15.1. The van der Waals surface area contributed by atoms with Crippen molar-refractivity contribution >= 4 is 23.2 Å². The zero-order valence-electron chi connectivity index (χ0n) is 26.3. The molecule has 2 N–H and O–H groups in total. The van der Waals surface area contributed by atoms with Crippen LogP contribution >= 0.6 is 0 Å². The lowest BCUT2D eigenvalue weighted by atomic mass is 9.77. The minimum Gasteiger partial charge on any atom is -0.383 e. The van der Waals surface area contributed by atoms with Crippen molar-refractivity contribution in [3.05, 3.63) is 82.8 Å². The summed E-state index contributed by atoms with van der Waals surface area (Å²) in [7, 11) is 0. The van der Waals surface area contributed by atoms with Gasteiger partial charge in [0.1, 0.15) is 5.82 Å². The van der Waals surface area contributed by atoms with E-state index in [1.54, 1.807) is 24.0 Å². The van der Waals surface area contributed by atoms with Gasteiger partial charge in [-0.15, -0.1) is 0 Å². The van der Waals surface area contributed by atoms with Gasteiger partial charge in [-0.2, -0.15) is 0 Å². The standard InChI is InChI=1S/C37H47FN4O2/c1-25-15-18-30(24-33(25)41-21-6-7-22-41)40-36(43)31-13-9-23-42(37(44)34-26(2)10-8-14-32(34)38)35(31)27-16-19-29(20-17-27)39-28-11-4-3-5-12-28/h8,10,14-16,18-20,24,27-28,31,35,39H,3-7,9,11-13,17,21-23H2,1-2H3,(H,40,43)/t27?,31?,35-/m0/s1. The summed E-state index contributed by atoms with van der Waals surface area (Å²) in [6.45, 7) is 6.47. The van der Waals surface area contributed by atoms with Gasteiger partial charge in [0.15, 0.2) is 0 Å². The number of likely N-dealkylation sites (tertiary alicyclic amines) is 1. The summed E-state index contributed by atoms with van der Waals surface area (Å²) in [5.74, 6) is -1.35. The molecule has 0 spiro atoms. The van der Waals surface area contributed by atoms with Gasteiger partial charge in [0.25, 0.3) is 5.91 Å². The predicted octanol–water partition coefficient (Wildman–Crippen LogP) is 7.28. The van der Waals surface area contributed by atoms with E-state index in [2.05, 4.69) is 52.8 Å². The van der Waals surface area contributed by atoms with Gasteiger partial charge in [0, 0.05) is 48.7 Å². The van der Waals surface area contributed by atoms with Crippen molar-refractivity contribution in [1.29, 1.82) is 0 Å². The van der Waals surface area contributed by atoms with Crippen LogP contribution in [0.4, 0.5) is 15.8 Å². The van der Waals surface area contributed by atoms with Crippen molar-refractivity contribution in [2.75, 3.05) is 29.9 Å². The van der Waals surface area contributed by atoms with Crippen LogP contribution in [0.25, 0.3) is 0 Å². The Balaban J connectivity index is 1.26. The number of rotatable bonds is 7. The van der Waals surface area contributed by atoms with Crippen LogP contribution in [0, 0.1) is 31.5 Å². The van der Waals surface area contributed by atoms with E-state index in [0.717, 1.165) is 30.9 Å². The van der Waals surface area contributed by atoms with E-state index >= 15 is 4.39 Å². The average Bonchev–Trinajstić information content (AvgIpc) is 3.57. The van der Waals surface area contributed by atoms with Crippen LogP contribution in [-0.2, 0) is 4.79 Å². The fourth-order valence-electron chi connectivity index (χ4n) is 7.82. The quantitative estimate of drug-likeness (QED) is 0.352. The van der Waals surface area contributed by atoms with Crippen molar-refractivity contribution in [3.8, 4) is 0 Å². The second kappa shape index (κ2) is 13.6. The minimum atomic E-state index is -0.507. The van der Waals surface area contributed by atoms with E-state index < -0.39 is 11.7 Å². The summed E-state index contributed by atoms with van der Waals surface area (Å²) in [5.41, 5.74) is 5.02. The molecule has 2 heterocycles. The van der Waals surface area contributed by atoms with Gasteiger partial charge in [-0.3, -0.25) is 9.59 Å². The third-order valence-corrected chi connectivity index (χ3v) is 10.2. The van der Waals surface area contributed by atoms with E-state index in [1.165, 1.54) is 62.3 Å². The highest BCUT2D eigenvalue weighted by Gasteiger charge is 2.43. The molecule has 2 unspecified atom stereocenters. The van der Waals surface area contributed by atoms with Gasteiger partial charge in [0.2, 0.25) is 5.91 Å². The molecule has 4 aliphatic rings. The first kappa shape index (κ1) is 30.4. The van der Waals surface area contributed by atoms with E-state index in [-0.39, 0.29) is 29.3 Å². The number of piperidine rings is 1. The molecule has 234 valence electrons. The summed E-state index contributed by atoms with van der Waals surface area (Å²) in [6, 6.07) is 11.0. The molecule has 6 nitrogen and oxygen atoms in total. The summed E-state index contributed by atoms with van der Waals surface area (Å²) in [5, 5.41) is 6.94. The number of carbonyl (C=O) groups excluding carboxylic acids is 2. The Morgan fingerprint density at radius 2 is 1.68 bits per heavy atom. The molecule has 2 saturated heterocycles. The zero-order valence-corrected chi connectivity index (χ0v) is 26.3. The Labute approximate surface area is 261 Å². The molecule has 0 aromatic heterocycles. The van der Waals surface area contributed by atoms with Gasteiger partial charge in [-0.1, -0.05) is 49.6 Å². The molecule has 0 radical (unpaired) electrons. The van der Waals surface area contributed by atoms with Crippen LogP contribution in [0.5, 0.6) is 0 Å². The SMILES string of the molecule is Cc1ccc(NC(=O)C2CCCN(C(=O)c3c(C)cccc3F)[C@H]2C2C=CC(NC3CCCCC3)=CC2)cc1N1CCCC1. The molecule has 0 bridgehead atoms. The van der Waals surface area contributed by atoms with Crippen molar-refractivity contribution < 1.29 is 14.0 Å². The third kappa shape index (κ3) is 6.57. The first-order valence-electron chi connectivity index (χ1n) is 16.8. The number of hydrogen-bond acceptors (Lipinski definition) is 4. The molecule has 1 saturated carbocycles. The van der Waals surface area contributed by atoms with Gasteiger partial charge in [-0.05, 0) is 94.2 Å². The molecule has 7 heteroatoms. The van der Waals surface area contributed by atoms with Crippen LogP contribution < -0.4 is 15.5 Å². The Morgan fingerprint density at radius 3 is 2.41 bits per heavy atom. The van der Waals surface area contributed by atoms with E-state index in [4.69, 9.17) is 0 Å². The molecule has 2 amide bonds. The molecule has 3 atom stereocenters. The molecular weight excluding hydrogens is 551 g/mol. The minimum absolute atomic E-state index is 0.0443. The monoisotopic (exact) mass is 598 g/mol. The van der Waals surface area contributed by atoms with Crippen LogP contribution in [0.1, 0.15) is 85.7 Å². The molecule has 3 fully saturated rings. The number of amides is 2. The van der Waals surface area contributed by atoms with Crippen molar-refractivity contribution in [2.45, 2.75) is 90.1 Å². The number of halogens is 1. The summed E-state index contributed by atoms with van der Waals surface area (Å²) in [4.78, 5) is 32.4. The smallest absolute Gasteiger partial charge is 0.257 e. The fourth-order valence-corrected chi connectivity index (χ4v) is 7.82. The van der Waals surface area contributed by atoms with Crippen LogP contribution in [0.2, 0.25) is 0 Å². The number of aryl methyl sites for hydroxylation is 2. The number of nitrogens with one attached hydrogen (secondary N) is 2. The van der Waals surface area contributed by atoms with Crippen molar-refractivity contribution in [1.82, 2.24) is 10.2 Å². The van der Waals surface area contributed by atoms with Gasteiger partial charge in [-0.25, -0.2) is 4.39 Å². The van der Waals surface area contributed by atoms with E-state index in [1.807, 2.05) is 6.07 Å². The molecule has 2 aliphatic heterocycles. The highest BCUT2D eigenvalue weighted by molar-refractivity contribution is 5.98. The number of benzene rings is 2. The van der Waals surface area contributed by atoms with E-state index in [9.17, 15) is 9.59 Å². The number of carbonyl (C=O) groups is 2. The Kier molecular flexibility index (Phi) is 9.39. The number of allylic oxidation sites excluding steroid dienone is 2. The lowest BCUT2D eigenvalue weighted by Gasteiger charge is -2.44. The first-order valence-corrected chi connectivity index (χ1v) is 16.8. The van der Waals surface area contributed by atoms with Crippen LogP contribution in [0.15, 0.2) is 60.3 Å². The molecule has 2 aromatic rings. The molecule has 2 aromatic carbocycles. The maximum absolute atomic E-state index is 15.1. The number of anilines is 2. The van der Waals surface area contributed by atoms with Crippen LogP contribution in [-0.4, -0.2) is 48.4 Å². The van der Waals surface area contributed by atoms with Crippen molar-refractivity contribution in [2.24, 2.45) is 11.8 Å².